The molecule has 0 atom stereocenters. The van der Waals surface area contributed by atoms with Crippen LogP contribution in [0.25, 0.3) is 0 Å². The van der Waals surface area contributed by atoms with Crippen LogP contribution in [-0.2, 0) is 0 Å². The Hall–Kier alpha value is -1.76. The predicted octanol–water partition coefficient (Wildman–Crippen LogP) is 4.05. The van der Waals surface area contributed by atoms with Crippen LogP contribution >= 0.6 is 0 Å². The Balaban J connectivity index is 2.25. The van der Waals surface area contributed by atoms with Gasteiger partial charge in [0.1, 0.15) is 0 Å². The van der Waals surface area contributed by atoms with Crippen LogP contribution in [0.1, 0.15) is 11.1 Å². The summed E-state index contributed by atoms with van der Waals surface area (Å²) in [4.78, 5) is 0. The van der Waals surface area contributed by atoms with Gasteiger partial charge in [0.15, 0.2) is 0 Å². The second-order valence-corrected chi connectivity index (χ2v) is 3.87. The van der Waals surface area contributed by atoms with Crippen molar-refractivity contribution >= 4 is 11.4 Å². The van der Waals surface area contributed by atoms with E-state index >= 15 is 0 Å². The molecule has 0 aliphatic carbocycles. The highest BCUT2D eigenvalue weighted by Gasteiger charge is 1.95. The smallest absolute Gasteiger partial charge is 0.0389 e. The zero-order valence-corrected chi connectivity index (χ0v) is 9.12. The molecule has 0 saturated carbocycles. The monoisotopic (exact) mass is 197 g/mol. The summed E-state index contributed by atoms with van der Waals surface area (Å²) in [6, 6.07) is 16.7. The average Bonchev–Trinajstić information content (AvgIpc) is 2.17. The molecule has 2 rings (SSSR count). The third kappa shape index (κ3) is 2.59. The summed E-state index contributed by atoms with van der Waals surface area (Å²) >= 11 is 0. The van der Waals surface area contributed by atoms with Gasteiger partial charge in [-0.2, -0.15) is 0 Å². The van der Waals surface area contributed by atoms with Crippen LogP contribution in [0, 0.1) is 13.8 Å². The van der Waals surface area contributed by atoms with Gasteiger partial charge in [-0.1, -0.05) is 24.3 Å². The molecule has 0 fully saturated rings. The van der Waals surface area contributed by atoms with E-state index in [1.54, 1.807) is 0 Å². The molecule has 0 radical (unpaired) electrons. The summed E-state index contributed by atoms with van der Waals surface area (Å²) < 4.78 is 0. The first kappa shape index (κ1) is 9.78. The molecule has 0 aliphatic heterocycles. The van der Waals surface area contributed by atoms with Crippen LogP contribution in [0.5, 0.6) is 0 Å². The van der Waals surface area contributed by atoms with E-state index in [1.807, 2.05) is 18.2 Å². The Morgan fingerprint density at radius 2 is 1.33 bits per heavy atom. The maximum absolute atomic E-state index is 3.39. The van der Waals surface area contributed by atoms with E-state index in [2.05, 4.69) is 49.5 Å². The van der Waals surface area contributed by atoms with Crippen LogP contribution in [0.3, 0.4) is 0 Å². The Bertz CT molecular complexity index is 426. The fourth-order valence-corrected chi connectivity index (χ4v) is 1.74. The van der Waals surface area contributed by atoms with Crippen molar-refractivity contribution < 1.29 is 0 Å². The lowest BCUT2D eigenvalue weighted by atomic mass is 10.1. The SMILES string of the molecule is Cc1cc(C)cc(Nc2ccccc2)c1. The number of aryl methyl sites for hydroxylation is 2. The van der Waals surface area contributed by atoms with Crippen molar-refractivity contribution in [2.45, 2.75) is 13.8 Å². The number of nitrogens with one attached hydrogen (secondary N) is 1. The van der Waals surface area contributed by atoms with Crippen molar-refractivity contribution in [1.29, 1.82) is 0 Å². The maximum Gasteiger partial charge on any atom is 0.0389 e. The van der Waals surface area contributed by atoms with Gasteiger partial charge in [0, 0.05) is 11.4 Å². The first-order chi connectivity index (χ1) is 7.24. The number of hydrogen-bond donors (Lipinski definition) is 1. The lowest BCUT2D eigenvalue weighted by Crippen LogP contribution is -1.91. The highest BCUT2D eigenvalue weighted by molar-refractivity contribution is 5.60. The van der Waals surface area contributed by atoms with Gasteiger partial charge < -0.3 is 5.32 Å². The van der Waals surface area contributed by atoms with Gasteiger partial charge in [-0.25, -0.2) is 0 Å². The zero-order chi connectivity index (χ0) is 10.7. The van der Waals surface area contributed by atoms with E-state index in [1.165, 1.54) is 11.1 Å². The molecule has 0 heterocycles. The van der Waals surface area contributed by atoms with E-state index < -0.39 is 0 Å². The first-order valence-corrected chi connectivity index (χ1v) is 5.14. The molecule has 76 valence electrons. The minimum atomic E-state index is 1.13. The van der Waals surface area contributed by atoms with Gasteiger partial charge in [-0.15, -0.1) is 0 Å². The lowest BCUT2D eigenvalue weighted by molar-refractivity contribution is 1.37. The normalized spacial score (nSPS) is 10.0. The zero-order valence-electron chi connectivity index (χ0n) is 9.12. The minimum Gasteiger partial charge on any atom is -0.356 e. The maximum atomic E-state index is 3.39. The number of para-hydroxylation sites is 1. The average molecular weight is 197 g/mol. The molecule has 0 unspecified atom stereocenters. The van der Waals surface area contributed by atoms with Crippen molar-refractivity contribution in [3.63, 3.8) is 0 Å². The van der Waals surface area contributed by atoms with E-state index in [0.29, 0.717) is 0 Å². The van der Waals surface area contributed by atoms with Crippen LogP contribution in [0.15, 0.2) is 48.5 Å². The minimum absolute atomic E-state index is 1.13. The standard InChI is InChI=1S/C14H15N/c1-11-8-12(2)10-14(9-11)15-13-6-4-3-5-7-13/h3-10,15H,1-2H3. The predicted molar refractivity (Wildman–Crippen MR) is 65.6 cm³/mol. The van der Waals surface area contributed by atoms with Crippen molar-refractivity contribution in [1.82, 2.24) is 0 Å². The molecule has 0 bridgehead atoms. The quantitative estimate of drug-likeness (QED) is 0.766. The van der Waals surface area contributed by atoms with Gasteiger partial charge in [0.25, 0.3) is 0 Å². The third-order valence-electron chi connectivity index (χ3n) is 2.28. The molecule has 1 nitrogen and oxygen atoms in total. The van der Waals surface area contributed by atoms with E-state index in [-0.39, 0.29) is 0 Å². The largest absolute Gasteiger partial charge is 0.356 e. The first-order valence-electron chi connectivity index (χ1n) is 5.14. The molecular formula is C14H15N. The highest BCUT2D eigenvalue weighted by Crippen LogP contribution is 2.18. The van der Waals surface area contributed by atoms with Crippen LogP contribution < -0.4 is 5.32 Å². The lowest BCUT2D eigenvalue weighted by Gasteiger charge is -2.08. The van der Waals surface area contributed by atoms with E-state index in [4.69, 9.17) is 0 Å². The van der Waals surface area contributed by atoms with Crippen LogP contribution in [0.2, 0.25) is 0 Å². The number of hydrogen-bond acceptors (Lipinski definition) is 1. The summed E-state index contributed by atoms with van der Waals surface area (Å²) in [5, 5.41) is 3.39. The van der Waals surface area contributed by atoms with Gasteiger partial charge in [0.2, 0.25) is 0 Å². The fourth-order valence-electron chi connectivity index (χ4n) is 1.74. The molecule has 0 amide bonds. The van der Waals surface area contributed by atoms with E-state index in [9.17, 15) is 0 Å². The molecule has 2 aromatic rings. The van der Waals surface area contributed by atoms with Crippen LogP contribution in [0.4, 0.5) is 11.4 Å². The van der Waals surface area contributed by atoms with Crippen molar-refractivity contribution in [2.75, 3.05) is 5.32 Å². The van der Waals surface area contributed by atoms with Crippen molar-refractivity contribution in [3.05, 3.63) is 59.7 Å². The summed E-state index contributed by atoms with van der Waals surface area (Å²) in [6.07, 6.45) is 0. The van der Waals surface area contributed by atoms with Gasteiger partial charge in [-0.05, 0) is 49.2 Å². The molecule has 2 aromatic carbocycles. The fraction of sp³-hybridized carbons (Fsp3) is 0.143. The van der Waals surface area contributed by atoms with Crippen molar-refractivity contribution in [3.8, 4) is 0 Å². The van der Waals surface area contributed by atoms with E-state index in [0.717, 1.165) is 11.4 Å². The Morgan fingerprint density at radius 1 is 0.733 bits per heavy atom. The number of anilines is 2. The number of benzene rings is 2. The summed E-state index contributed by atoms with van der Waals surface area (Å²) in [5.74, 6) is 0. The topological polar surface area (TPSA) is 12.0 Å². The van der Waals surface area contributed by atoms with Crippen LogP contribution in [-0.4, -0.2) is 0 Å². The molecular weight excluding hydrogens is 182 g/mol. The molecule has 0 spiro atoms. The second kappa shape index (κ2) is 4.18. The number of rotatable bonds is 2. The molecule has 1 heteroatoms. The molecule has 0 saturated heterocycles. The summed E-state index contributed by atoms with van der Waals surface area (Å²) in [5.41, 5.74) is 4.85. The Labute approximate surface area is 90.8 Å². The molecule has 0 aromatic heterocycles. The van der Waals surface area contributed by atoms with Gasteiger partial charge in [0.05, 0.1) is 0 Å². The summed E-state index contributed by atoms with van der Waals surface area (Å²) in [6.45, 7) is 4.23. The Kier molecular flexibility index (Phi) is 2.72. The molecule has 1 N–H and O–H groups in total. The van der Waals surface area contributed by atoms with Crippen molar-refractivity contribution in [2.24, 2.45) is 0 Å². The third-order valence-corrected chi connectivity index (χ3v) is 2.28. The summed E-state index contributed by atoms with van der Waals surface area (Å²) in [7, 11) is 0. The Morgan fingerprint density at radius 3 is 1.93 bits per heavy atom. The highest BCUT2D eigenvalue weighted by atomic mass is 14.9. The molecule has 0 aliphatic rings. The second-order valence-electron chi connectivity index (χ2n) is 3.87. The molecule has 15 heavy (non-hydrogen) atoms. The van der Waals surface area contributed by atoms with Gasteiger partial charge >= 0.3 is 0 Å². The van der Waals surface area contributed by atoms with Gasteiger partial charge in [-0.3, -0.25) is 0 Å².